The lowest BCUT2D eigenvalue weighted by molar-refractivity contribution is -0.384. The number of aliphatic hydroxyl groups excluding tert-OH is 1. The van der Waals surface area contributed by atoms with Crippen LogP contribution in [0.1, 0.15) is 19.4 Å². The summed E-state index contributed by atoms with van der Waals surface area (Å²) in [6.07, 6.45) is -0.988. The molecule has 1 heterocycles. The van der Waals surface area contributed by atoms with Crippen LogP contribution in [0.15, 0.2) is 24.3 Å². The van der Waals surface area contributed by atoms with E-state index in [9.17, 15) is 29.6 Å². The number of nitrogens with one attached hydrogen (secondary N) is 1. The van der Waals surface area contributed by atoms with E-state index in [4.69, 9.17) is 10.3 Å². The number of nitro groups is 1. The number of ether oxygens (including phenoxy) is 1. The standard InChI is InChI=1S/C17H18N4O7/c1-8(13-12(9(2)22)16(24)19-13)15(23)14(20-18)17(25)28-7-10-3-5-11(6-4-10)21(26)27/h3-6,8-9,12-13,22H,7H2,1-2H3,(H,19,24)/t8-,9-,12-,13-/m1/s1. The highest BCUT2D eigenvalue weighted by molar-refractivity contribution is 6.62. The quantitative estimate of drug-likeness (QED) is 0.0919. The predicted molar refractivity (Wildman–Crippen MR) is 92.8 cm³/mol. The SMILES string of the molecule is C[C@@H](O)[C@H]1C(=O)N[C@@H]1[C@@H](C)C(=O)C(=[N+]=[N-])C(=O)OCc1ccc([N+](=O)[O-])cc1. The Kier molecular flexibility index (Phi) is 6.34. The lowest BCUT2D eigenvalue weighted by atomic mass is 9.76. The van der Waals surface area contributed by atoms with Gasteiger partial charge in [-0.15, -0.1) is 0 Å². The molecule has 1 amide bonds. The number of benzene rings is 1. The van der Waals surface area contributed by atoms with Crippen LogP contribution >= 0.6 is 0 Å². The summed E-state index contributed by atoms with van der Waals surface area (Å²) in [5.74, 6) is -4.20. The second-order valence-electron chi connectivity index (χ2n) is 6.40. The molecule has 1 aliphatic rings. The summed E-state index contributed by atoms with van der Waals surface area (Å²) < 4.78 is 4.92. The number of non-ortho nitro benzene ring substituents is 1. The van der Waals surface area contributed by atoms with E-state index in [0.717, 1.165) is 0 Å². The first-order chi connectivity index (χ1) is 13.2. The van der Waals surface area contributed by atoms with Crippen molar-refractivity contribution in [2.24, 2.45) is 11.8 Å². The average Bonchev–Trinajstić information content (AvgIpc) is 2.63. The van der Waals surface area contributed by atoms with Crippen molar-refractivity contribution in [3.8, 4) is 0 Å². The van der Waals surface area contributed by atoms with Crippen LogP contribution < -0.4 is 5.32 Å². The number of nitrogens with zero attached hydrogens (tertiary/aromatic N) is 3. The maximum atomic E-state index is 12.5. The number of nitro benzene ring substituents is 1. The third-order valence-corrected chi connectivity index (χ3v) is 4.51. The molecule has 11 heteroatoms. The number of hydrogen-bond acceptors (Lipinski definition) is 7. The predicted octanol–water partition coefficient (Wildman–Crippen LogP) is 0.00940. The maximum Gasteiger partial charge on any atom is 0.441 e. The number of esters is 1. The minimum absolute atomic E-state index is 0.132. The average molecular weight is 390 g/mol. The van der Waals surface area contributed by atoms with Gasteiger partial charge in [0, 0.05) is 18.1 Å². The van der Waals surface area contributed by atoms with Crippen molar-refractivity contribution in [1.29, 1.82) is 0 Å². The maximum absolute atomic E-state index is 12.5. The molecule has 0 radical (unpaired) electrons. The molecule has 2 rings (SSSR count). The van der Waals surface area contributed by atoms with Crippen LogP contribution in [0.5, 0.6) is 0 Å². The Balaban J connectivity index is 2.00. The van der Waals surface area contributed by atoms with Gasteiger partial charge in [0.25, 0.3) is 11.5 Å². The second-order valence-corrected chi connectivity index (χ2v) is 6.40. The van der Waals surface area contributed by atoms with E-state index in [1.807, 2.05) is 0 Å². The van der Waals surface area contributed by atoms with Gasteiger partial charge in [0.15, 0.2) is 0 Å². The van der Waals surface area contributed by atoms with Gasteiger partial charge in [0.2, 0.25) is 5.91 Å². The van der Waals surface area contributed by atoms with Crippen LogP contribution in [0.25, 0.3) is 5.53 Å². The molecule has 148 valence electrons. The van der Waals surface area contributed by atoms with E-state index in [1.54, 1.807) is 0 Å². The largest absolute Gasteiger partial charge is 0.452 e. The van der Waals surface area contributed by atoms with Crippen LogP contribution in [0.4, 0.5) is 5.69 Å². The molecule has 28 heavy (non-hydrogen) atoms. The number of Topliss-reactive ketones (excluding diaryl/α,β-unsaturated/α-hetero) is 1. The molecular formula is C17H18N4O7. The number of amides is 1. The van der Waals surface area contributed by atoms with Gasteiger partial charge in [-0.3, -0.25) is 19.7 Å². The number of ketones is 1. The highest BCUT2D eigenvalue weighted by Crippen LogP contribution is 2.26. The lowest BCUT2D eigenvalue weighted by Gasteiger charge is -2.40. The zero-order valence-corrected chi connectivity index (χ0v) is 15.1. The molecule has 1 aromatic carbocycles. The smallest absolute Gasteiger partial charge is 0.441 e. The number of β-lactam (4-membered cyclic amide) rings is 1. The van der Waals surface area contributed by atoms with Gasteiger partial charge in [-0.2, -0.15) is 4.79 Å². The molecule has 0 unspecified atom stereocenters. The fourth-order valence-electron chi connectivity index (χ4n) is 2.87. The fourth-order valence-corrected chi connectivity index (χ4v) is 2.87. The molecule has 0 aliphatic carbocycles. The molecule has 11 nitrogen and oxygen atoms in total. The monoisotopic (exact) mass is 390 g/mol. The molecule has 0 aromatic heterocycles. The molecule has 1 fully saturated rings. The van der Waals surface area contributed by atoms with Crippen LogP contribution in [0.2, 0.25) is 0 Å². The third-order valence-electron chi connectivity index (χ3n) is 4.51. The van der Waals surface area contributed by atoms with Crippen molar-refractivity contribution in [3.63, 3.8) is 0 Å². The molecule has 0 bridgehead atoms. The number of hydrogen-bond donors (Lipinski definition) is 2. The van der Waals surface area contributed by atoms with E-state index in [-0.39, 0.29) is 12.3 Å². The van der Waals surface area contributed by atoms with Gasteiger partial charge in [-0.25, -0.2) is 4.79 Å². The van der Waals surface area contributed by atoms with Crippen LogP contribution in [-0.4, -0.2) is 50.3 Å². The first-order valence-electron chi connectivity index (χ1n) is 8.32. The summed E-state index contributed by atoms with van der Waals surface area (Å²) in [7, 11) is 0. The number of carbonyl (C=O) groups excluding carboxylic acids is 3. The molecule has 4 atom stereocenters. The van der Waals surface area contributed by atoms with Crippen LogP contribution in [0.3, 0.4) is 0 Å². The molecule has 1 aromatic rings. The molecule has 2 N–H and O–H groups in total. The number of rotatable bonds is 8. The van der Waals surface area contributed by atoms with Gasteiger partial charge < -0.3 is 20.7 Å². The van der Waals surface area contributed by atoms with E-state index < -0.39 is 52.3 Å². The van der Waals surface area contributed by atoms with E-state index in [1.165, 1.54) is 38.1 Å². The Morgan fingerprint density at radius 2 is 1.96 bits per heavy atom. The van der Waals surface area contributed by atoms with Gasteiger partial charge >= 0.3 is 11.7 Å². The zero-order valence-electron chi connectivity index (χ0n) is 15.1. The van der Waals surface area contributed by atoms with Crippen molar-refractivity contribution < 1.29 is 33.9 Å². The molecule has 1 saturated heterocycles. The molecule has 0 spiro atoms. The van der Waals surface area contributed by atoms with Gasteiger partial charge in [0.1, 0.15) is 6.61 Å². The summed E-state index contributed by atoms with van der Waals surface area (Å²) in [5, 5.41) is 22.7. The fraction of sp³-hybridized carbons (Fsp3) is 0.412. The molecule has 0 saturated carbocycles. The van der Waals surface area contributed by atoms with Gasteiger partial charge in [-0.1, -0.05) is 6.92 Å². The Morgan fingerprint density at radius 3 is 2.43 bits per heavy atom. The van der Waals surface area contributed by atoms with Gasteiger partial charge in [0.05, 0.1) is 23.0 Å². The second kappa shape index (κ2) is 8.51. The normalized spacial score (nSPS) is 20.0. The highest BCUT2D eigenvalue weighted by Gasteiger charge is 2.50. The molecular weight excluding hydrogens is 372 g/mol. The summed E-state index contributed by atoms with van der Waals surface area (Å²) in [6.45, 7) is 2.54. The summed E-state index contributed by atoms with van der Waals surface area (Å²) in [5.41, 5.74) is 8.51. The van der Waals surface area contributed by atoms with Crippen LogP contribution in [0, 0.1) is 22.0 Å². The molecule has 1 aliphatic heterocycles. The minimum atomic E-state index is -1.18. The Bertz CT molecular complexity index is 859. The van der Waals surface area contributed by atoms with Crippen LogP contribution in [-0.2, 0) is 25.7 Å². The topological polar surface area (TPSA) is 172 Å². The van der Waals surface area contributed by atoms with E-state index in [2.05, 4.69) is 10.1 Å². The third kappa shape index (κ3) is 4.27. The Labute approximate surface area is 159 Å². The van der Waals surface area contributed by atoms with E-state index >= 15 is 0 Å². The summed E-state index contributed by atoms with van der Waals surface area (Å²) >= 11 is 0. The van der Waals surface area contributed by atoms with Crippen molar-refractivity contribution >= 4 is 29.1 Å². The lowest BCUT2D eigenvalue weighted by Crippen LogP contribution is -2.66. The van der Waals surface area contributed by atoms with Crippen molar-refractivity contribution in [2.75, 3.05) is 0 Å². The number of aliphatic hydroxyl groups is 1. The minimum Gasteiger partial charge on any atom is -0.452 e. The van der Waals surface area contributed by atoms with Crippen molar-refractivity contribution in [1.82, 2.24) is 5.32 Å². The summed E-state index contributed by atoms with van der Waals surface area (Å²) in [6, 6.07) is 4.50. The Morgan fingerprint density at radius 1 is 1.36 bits per heavy atom. The first kappa shape index (κ1) is 20.9. The summed E-state index contributed by atoms with van der Waals surface area (Å²) in [4.78, 5) is 48.8. The Hall–Kier alpha value is -3.43. The first-order valence-corrected chi connectivity index (χ1v) is 8.32. The van der Waals surface area contributed by atoms with E-state index in [0.29, 0.717) is 5.56 Å². The van der Waals surface area contributed by atoms with Crippen molar-refractivity contribution in [2.45, 2.75) is 32.6 Å². The van der Waals surface area contributed by atoms with Crippen molar-refractivity contribution in [3.05, 3.63) is 45.5 Å². The highest BCUT2D eigenvalue weighted by atomic mass is 16.6. The van der Waals surface area contributed by atoms with Gasteiger partial charge in [-0.05, 0) is 24.6 Å². The number of carbonyl (C=O) groups is 3. The zero-order chi connectivity index (χ0) is 21.0.